The highest BCUT2D eigenvalue weighted by atomic mass is 19.1. The number of fused-ring (bicyclic) bond motifs is 1. The third kappa shape index (κ3) is 4.60. The summed E-state index contributed by atoms with van der Waals surface area (Å²) in [5.41, 5.74) is 3.84. The Morgan fingerprint density at radius 1 is 0.914 bits per heavy atom. The fourth-order valence-corrected chi connectivity index (χ4v) is 4.37. The zero-order valence-corrected chi connectivity index (χ0v) is 19.0. The lowest BCUT2D eigenvalue weighted by atomic mass is 9.88. The van der Waals surface area contributed by atoms with E-state index in [0.29, 0.717) is 34.8 Å². The number of rotatable bonds is 6. The van der Waals surface area contributed by atoms with Gasteiger partial charge in [0.2, 0.25) is 5.91 Å². The highest BCUT2D eigenvalue weighted by molar-refractivity contribution is 5.87. The van der Waals surface area contributed by atoms with Crippen LogP contribution in [0, 0.1) is 11.6 Å². The van der Waals surface area contributed by atoms with E-state index in [4.69, 9.17) is 9.47 Å². The van der Waals surface area contributed by atoms with Gasteiger partial charge in [0.1, 0.15) is 41.8 Å². The Bertz CT molecular complexity index is 1360. The predicted octanol–water partition coefficient (Wildman–Crippen LogP) is 6.17. The minimum atomic E-state index is -0.630. The van der Waals surface area contributed by atoms with Gasteiger partial charge in [-0.05, 0) is 53.1 Å². The van der Waals surface area contributed by atoms with Crippen molar-refractivity contribution in [3.63, 3.8) is 0 Å². The van der Waals surface area contributed by atoms with Gasteiger partial charge >= 0.3 is 0 Å². The number of carbonyl (C=O) groups excluding carboxylic acids is 1. The van der Waals surface area contributed by atoms with Gasteiger partial charge in [0.25, 0.3) is 0 Å². The Hall–Kier alpha value is -4.19. The standard InChI is InChI=1S/C29H23F2NO3/c1-32-29(33)27-24-15-20(9-14-25(24)35-28(27)19-7-10-21(30)11-8-19)23-13-12-22(31)16-26(23)34-17-18-5-3-2-4-6-18/h2-16,27-28H,17H2,1H3,(H,32,33). The van der Waals surface area contributed by atoms with Crippen LogP contribution in [0.3, 0.4) is 0 Å². The molecule has 0 aliphatic carbocycles. The molecule has 0 saturated heterocycles. The first kappa shape index (κ1) is 22.6. The van der Waals surface area contributed by atoms with E-state index in [1.807, 2.05) is 42.5 Å². The topological polar surface area (TPSA) is 47.6 Å². The van der Waals surface area contributed by atoms with Crippen LogP contribution in [-0.4, -0.2) is 13.0 Å². The smallest absolute Gasteiger partial charge is 0.231 e. The third-order valence-corrected chi connectivity index (χ3v) is 6.12. The second-order valence-corrected chi connectivity index (χ2v) is 8.35. The number of ether oxygens (including phenoxy) is 2. The molecule has 4 aromatic rings. The number of amides is 1. The molecule has 4 nitrogen and oxygen atoms in total. The van der Waals surface area contributed by atoms with Crippen molar-refractivity contribution in [3.8, 4) is 22.6 Å². The summed E-state index contributed by atoms with van der Waals surface area (Å²) in [5, 5.41) is 2.71. The van der Waals surface area contributed by atoms with Crippen molar-refractivity contribution in [1.82, 2.24) is 5.32 Å². The fraction of sp³-hybridized carbons (Fsp3) is 0.138. The van der Waals surface area contributed by atoms with Crippen LogP contribution in [0.2, 0.25) is 0 Å². The number of hydrogen-bond acceptors (Lipinski definition) is 3. The monoisotopic (exact) mass is 471 g/mol. The maximum Gasteiger partial charge on any atom is 0.231 e. The molecule has 4 aromatic carbocycles. The Morgan fingerprint density at radius 3 is 2.40 bits per heavy atom. The van der Waals surface area contributed by atoms with Gasteiger partial charge in [0, 0.05) is 24.2 Å². The van der Waals surface area contributed by atoms with Crippen LogP contribution in [-0.2, 0) is 11.4 Å². The van der Waals surface area contributed by atoms with Gasteiger partial charge < -0.3 is 14.8 Å². The summed E-state index contributed by atoms with van der Waals surface area (Å²) in [7, 11) is 1.57. The van der Waals surface area contributed by atoms with Crippen LogP contribution in [0.25, 0.3) is 11.1 Å². The maximum atomic E-state index is 14.1. The van der Waals surface area contributed by atoms with Crippen LogP contribution in [0.1, 0.15) is 28.7 Å². The number of nitrogens with one attached hydrogen (secondary N) is 1. The molecule has 6 heteroatoms. The van der Waals surface area contributed by atoms with E-state index in [1.54, 1.807) is 31.3 Å². The molecule has 0 saturated carbocycles. The Morgan fingerprint density at radius 2 is 1.66 bits per heavy atom. The highest BCUT2D eigenvalue weighted by Crippen LogP contribution is 2.48. The van der Waals surface area contributed by atoms with E-state index in [9.17, 15) is 13.6 Å². The van der Waals surface area contributed by atoms with Gasteiger partial charge in [-0.2, -0.15) is 0 Å². The van der Waals surface area contributed by atoms with E-state index in [0.717, 1.165) is 11.1 Å². The normalized spacial score (nSPS) is 16.3. The second-order valence-electron chi connectivity index (χ2n) is 8.35. The summed E-state index contributed by atoms with van der Waals surface area (Å²) in [6.07, 6.45) is -0.595. The van der Waals surface area contributed by atoms with E-state index >= 15 is 0 Å². The highest BCUT2D eigenvalue weighted by Gasteiger charge is 2.40. The summed E-state index contributed by atoms with van der Waals surface area (Å²) >= 11 is 0. The molecule has 0 fully saturated rings. The molecule has 1 amide bonds. The summed E-state index contributed by atoms with van der Waals surface area (Å²) in [4.78, 5) is 12.9. The molecule has 2 atom stereocenters. The average molecular weight is 472 g/mol. The van der Waals surface area contributed by atoms with Crippen molar-refractivity contribution in [2.75, 3.05) is 7.05 Å². The molecule has 0 spiro atoms. The molecule has 1 heterocycles. The first-order chi connectivity index (χ1) is 17.0. The largest absolute Gasteiger partial charge is 0.488 e. The van der Waals surface area contributed by atoms with Crippen molar-refractivity contribution in [3.05, 3.63) is 119 Å². The van der Waals surface area contributed by atoms with Crippen LogP contribution in [0.4, 0.5) is 8.78 Å². The van der Waals surface area contributed by atoms with Gasteiger partial charge in [-0.3, -0.25) is 4.79 Å². The zero-order chi connectivity index (χ0) is 24.4. The Kier molecular flexibility index (Phi) is 6.19. The predicted molar refractivity (Wildman–Crippen MR) is 129 cm³/mol. The quantitative estimate of drug-likeness (QED) is 0.366. The summed E-state index contributed by atoms with van der Waals surface area (Å²) < 4.78 is 39.7. The third-order valence-electron chi connectivity index (χ3n) is 6.12. The van der Waals surface area contributed by atoms with Crippen LogP contribution >= 0.6 is 0 Å². The van der Waals surface area contributed by atoms with Crippen molar-refractivity contribution in [2.24, 2.45) is 0 Å². The molecular weight excluding hydrogens is 448 g/mol. The molecule has 0 bridgehead atoms. The zero-order valence-electron chi connectivity index (χ0n) is 19.0. The molecule has 35 heavy (non-hydrogen) atoms. The lowest BCUT2D eigenvalue weighted by Gasteiger charge is -2.18. The van der Waals surface area contributed by atoms with Crippen molar-refractivity contribution in [2.45, 2.75) is 18.6 Å². The molecule has 0 radical (unpaired) electrons. The molecule has 1 aliphatic rings. The van der Waals surface area contributed by atoms with Gasteiger partial charge in [0.05, 0.1) is 0 Å². The van der Waals surface area contributed by atoms with Crippen molar-refractivity contribution >= 4 is 5.91 Å². The molecule has 176 valence electrons. The molecule has 0 aromatic heterocycles. The van der Waals surface area contributed by atoms with Crippen molar-refractivity contribution in [1.29, 1.82) is 0 Å². The van der Waals surface area contributed by atoms with Gasteiger partial charge in [-0.1, -0.05) is 48.5 Å². The molecule has 1 aliphatic heterocycles. The Labute approximate surface area is 202 Å². The molecular formula is C29H23F2NO3. The van der Waals surface area contributed by atoms with Gasteiger partial charge in [0.15, 0.2) is 0 Å². The first-order valence-corrected chi connectivity index (χ1v) is 11.3. The lowest BCUT2D eigenvalue weighted by molar-refractivity contribution is -0.123. The Balaban J connectivity index is 1.51. The summed E-state index contributed by atoms with van der Waals surface area (Å²) in [5.74, 6) is -0.627. The second kappa shape index (κ2) is 9.58. The minimum absolute atomic E-state index is 0.213. The van der Waals surface area contributed by atoms with Crippen LogP contribution in [0.5, 0.6) is 11.5 Å². The number of benzene rings is 4. The molecule has 5 rings (SSSR count). The minimum Gasteiger partial charge on any atom is -0.488 e. The number of hydrogen-bond donors (Lipinski definition) is 1. The van der Waals surface area contributed by atoms with Crippen LogP contribution in [0.15, 0.2) is 91.0 Å². The maximum absolute atomic E-state index is 14.1. The lowest BCUT2D eigenvalue weighted by Crippen LogP contribution is -2.28. The number of likely N-dealkylation sites (N-methyl/N-ethyl adjacent to an activating group) is 1. The number of carbonyl (C=O) groups is 1. The van der Waals surface area contributed by atoms with Crippen molar-refractivity contribution < 1.29 is 23.0 Å². The molecule has 2 unspecified atom stereocenters. The van der Waals surface area contributed by atoms with Gasteiger partial charge in [-0.25, -0.2) is 8.78 Å². The molecule has 1 N–H and O–H groups in total. The first-order valence-electron chi connectivity index (χ1n) is 11.3. The average Bonchev–Trinajstić information content (AvgIpc) is 3.27. The fourth-order valence-electron chi connectivity index (χ4n) is 4.37. The number of halogens is 2. The van der Waals surface area contributed by atoms with E-state index in [2.05, 4.69) is 5.32 Å². The van der Waals surface area contributed by atoms with Gasteiger partial charge in [-0.15, -0.1) is 0 Å². The SMILES string of the molecule is CNC(=O)C1c2cc(-c3ccc(F)cc3OCc3ccccc3)ccc2OC1c1ccc(F)cc1. The van der Waals surface area contributed by atoms with Crippen LogP contribution < -0.4 is 14.8 Å². The summed E-state index contributed by atoms with van der Waals surface area (Å²) in [6, 6.07) is 25.5. The van der Waals surface area contributed by atoms with E-state index < -0.39 is 17.8 Å². The van der Waals surface area contributed by atoms with E-state index in [-0.39, 0.29) is 11.7 Å². The van der Waals surface area contributed by atoms with E-state index in [1.165, 1.54) is 24.3 Å². The summed E-state index contributed by atoms with van der Waals surface area (Å²) in [6.45, 7) is 0.291.